The van der Waals surface area contributed by atoms with Crippen molar-refractivity contribution in [2.24, 2.45) is 5.73 Å². The average molecular weight is 270 g/mol. The Morgan fingerprint density at radius 3 is 2.63 bits per heavy atom. The zero-order valence-corrected chi connectivity index (χ0v) is 10.4. The van der Waals surface area contributed by atoms with E-state index >= 15 is 0 Å². The van der Waals surface area contributed by atoms with Gasteiger partial charge in [0.25, 0.3) is 0 Å². The minimum atomic E-state index is -1.01. The molecule has 0 unspecified atom stereocenters. The van der Waals surface area contributed by atoms with Crippen molar-refractivity contribution in [3.05, 3.63) is 18.2 Å². The number of nitrogens with two attached hydrogens (primary N) is 1. The Balaban J connectivity index is 0.000000200. The van der Waals surface area contributed by atoms with Crippen LogP contribution in [0.3, 0.4) is 0 Å². The number of aromatic amines is 1. The van der Waals surface area contributed by atoms with Crippen LogP contribution < -0.4 is 11.1 Å². The highest BCUT2D eigenvalue weighted by molar-refractivity contribution is 5.73. The summed E-state index contributed by atoms with van der Waals surface area (Å²) in [5, 5.41) is 19.6. The third kappa shape index (κ3) is 5.49. The molecule has 2 heterocycles. The average Bonchev–Trinajstić information content (AvgIpc) is 3.02. The van der Waals surface area contributed by atoms with E-state index in [2.05, 4.69) is 15.3 Å². The van der Waals surface area contributed by atoms with Crippen LogP contribution in [0.5, 0.6) is 0 Å². The molecule has 1 fully saturated rings. The summed E-state index contributed by atoms with van der Waals surface area (Å²) in [5.41, 5.74) is 5.92. The number of carboxylic acid groups (broad SMARTS) is 2. The van der Waals surface area contributed by atoms with Crippen molar-refractivity contribution in [1.29, 1.82) is 0 Å². The number of nitrogens with zero attached hydrogens (tertiary/aromatic N) is 1. The second-order valence-electron chi connectivity index (χ2n) is 4.20. The van der Waals surface area contributed by atoms with Gasteiger partial charge >= 0.3 is 11.9 Å². The van der Waals surface area contributed by atoms with Gasteiger partial charge in [-0.15, -0.1) is 0 Å². The molecule has 19 heavy (non-hydrogen) atoms. The normalized spacial score (nSPS) is 19.3. The van der Waals surface area contributed by atoms with E-state index in [1.54, 1.807) is 6.20 Å². The van der Waals surface area contributed by atoms with E-state index in [-0.39, 0.29) is 12.5 Å². The summed E-state index contributed by atoms with van der Waals surface area (Å²) in [7, 11) is 0. The highest BCUT2D eigenvalue weighted by Gasteiger charge is 2.20. The lowest BCUT2D eigenvalue weighted by atomic mass is 10.2. The van der Waals surface area contributed by atoms with Gasteiger partial charge in [0.2, 0.25) is 0 Å². The van der Waals surface area contributed by atoms with E-state index in [0.29, 0.717) is 5.69 Å². The molecule has 0 amide bonds. The minimum absolute atomic E-state index is 0.263. The van der Waals surface area contributed by atoms with Crippen molar-refractivity contribution >= 4 is 11.9 Å². The SMILES string of the molecule is N[C@@H](Cc1c[nH]cn1)C(=O)O.O=C(O)[C@@H]1CCCN1. The van der Waals surface area contributed by atoms with Crippen molar-refractivity contribution in [2.75, 3.05) is 6.54 Å². The molecule has 2 atom stereocenters. The van der Waals surface area contributed by atoms with Gasteiger partial charge in [0, 0.05) is 12.6 Å². The Bertz CT molecular complexity index is 401. The number of nitrogens with one attached hydrogen (secondary N) is 2. The molecule has 1 aliphatic rings. The fraction of sp³-hybridized carbons (Fsp3) is 0.545. The Hall–Kier alpha value is -1.93. The summed E-state index contributed by atoms with van der Waals surface area (Å²) >= 11 is 0. The molecule has 1 aromatic rings. The topological polar surface area (TPSA) is 141 Å². The smallest absolute Gasteiger partial charge is 0.320 e. The summed E-state index contributed by atoms with van der Waals surface area (Å²) in [4.78, 5) is 27.0. The van der Waals surface area contributed by atoms with Gasteiger partial charge in [0.15, 0.2) is 0 Å². The number of hydrogen-bond donors (Lipinski definition) is 5. The first-order chi connectivity index (χ1) is 9.00. The summed E-state index contributed by atoms with van der Waals surface area (Å²) in [5.74, 6) is -1.73. The maximum Gasteiger partial charge on any atom is 0.320 e. The van der Waals surface area contributed by atoms with Gasteiger partial charge < -0.3 is 26.2 Å². The van der Waals surface area contributed by atoms with E-state index in [1.165, 1.54) is 6.33 Å². The highest BCUT2D eigenvalue weighted by Crippen LogP contribution is 2.03. The number of aromatic nitrogens is 2. The van der Waals surface area contributed by atoms with Crippen LogP contribution in [-0.2, 0) is 16.0 Å². The Morgan fingerprint density at radius 2 is 2.26 bits per heavy atom. The monoisotopic (exact) mass is 270 g/mol. The predicted molar refractivity (Wildman–Crippen MR) is 66.6 cm³/mol. The molecule has 0 aromatic carbocycles. The van der Waals surface area contributed by atoms with Crippen LogP contribution in [-0.4, -0.2) is 50.7 Å². The van der Waals surface area contributed by atoms with Crippen molar-refractivity contribution in [3.63, 3.8) is 0 Å². The summed E-state index contributed by atoms with van der Waals surface area (Å²) in [6.07, 6.45) is 5.16. The maximum absolute atomic E-state index is 10.3. The first-order valence-electron chi connectivity index (χ1n) is 5.93. The molecule has 0 saturated carbocycles. The Kier molecular flexibility index (Phi) is 5.97. The largest absolute Gasteiger partial charge is 0.480 e. The quantitative estimate of drug-likeness (QED) is 0.481. The summed E-state index contributed by atoms with van der Waals surface area (Å²) < 4.78 is 0. The van der Waals surface area contributed by atoms with Crippen molar-refractivity contribution in [2.45, 2.75) is 31.3 Å². The number of rotatable bonds is 4. The third-order valence-electron chi connectivity index (χ3n) is 2.66. The number of hydrogen-bond acceptors (Lipinski definition) is 5. The van der Waals surface area contributed by atoms with E-state index in [9.17, 15) is 9.59 Å². The van der Waals surface area contributed by atoms with Crippen LogP contribution in [0.4, 0.5) is 0 Å². The molecular weight excluding hydrogens is 252 g/mol. The number of carboxylic acids is 2. The molecule has 2 rings (SSSR count). The van der Waals surface area contributed by atoms with Gasteiger partial charge in [-0.3, -0.25) is 9.59 Å². The highest BCUT2D eigenvalue weighted by atomic mass is 16.4. The van der Waals surface area contributed by atoms with Gasteiger partial charge in [-0.1, -0.05) is 0 Å². The fourth-order valence-electron chi connectivity index (χ4n) is 1.61. The molecule has 1 aliphatic heterocycles. The molecule has 6 N–H and O–H groups in total. The lowest BCUT2D eigenvalue weighted by molar-refractivity contribution is -0.139. The lowest BCUT2D eigenvalue weighted by Gasteiger charge is -2.01. The summed E-state index contributed by atoms with van der Waals surface area (Å²) in [6, 6.07) is -1.13. The maximum atomic E-state index is 10.3. The van der Waals surface area contributed by atoms with Gasteiger partial charge in [-0.25, -0.2) is 4.98 Å². The molecule has 8 heteroatoms. The third-order valence-corrected chi connectivity index (χ3v) is 2.66. The minimum Gasteiger partial charge on any atom is -0.480 e. The molecule has 0 radical (unpaired) electrons. The van der Waals surface area contributed by atoms with Crippen molar-refractivity contribution < 1.29 is 19.8 Å². The van der Waals surface area contributed by atoms with Crippen LogP contribution >= 0.6 is 0 Å². The Labute approximate surface area is 110 Å². The number of aliphatic carboxylic acids is 2. The molecule has 1 saturated heterocycles. The molecule has 0 bridgehead atoms. The van der Waals surface area contributed by atoms with E-state index < -0.39 is 18.0 Å². The number of carbonyl (C=O) groups is 2. The predicted octanol–water partition coefficient (Wildman–Crippen LogP) is -0.813. The lowest BCUT2D eigenvalue weighted by Crippen LogP contribution is -2.32. The summed E-state index contributed by atoms with van der Waals surface area (Å²) in [6.45, 7) is 0.858. The standard InChI is InChI=1S/C6H9N3O2.C5H9NO2/c7-5(6(10)11)1-4-2-8-3-9-4;7-5(8)4-2-1-3-6-4/h2-3,5H,1,7H2,(H,8,9)(H,10,11);4,6H,1-3H2,(H,7,8)/t5-;4-/m00/s1. The van der Waals surface area contributed by atoms with Crippen LogP contribution in [0.15, 0.2) is 12.5 Å². The molecule has 106 valence electrons. The van der Waals surface area contributed by atoms with Gasteiger partial charge in [0.05, 0.1) is 12.0 Å². The molecule has 0 spiro atoms. The van der Waals surface area contributed by atoms with Crippen LogP contribution in [0, 0.1) is 0 Å². The number of imidazole rings is 1. The van der Waals surface area contributed by atoms with Crippen LogP contribution in [0.25, 0.3) is 0 Å². The Morgan fingerprint density at radius 1 is 1.53 bits per heavy atom. The van der Waals surface area contributed by atoms with Crippen molar-refractivity contribution in [3.8, 4) is 0 Å². The zero-order valence-electron chi connectivity index (χ0n) is 10.4. The molecule has 0 aliphatic carbocycles. The van der Waals surface area contributed by atoms with Crippen molar-refractivity contribution in [1.82, 2.24) is 15.3 Å². The van der Waals surface area contributed by atoms with E-state index in [0.717, 1.165) is 19.4 Å². The zero-order chi connectivity index (χ0) is 14.3. The molecule has 8 nitrogen and oxygen atoms in total. The molecule has 1 aromatic heterocycles. The van der Waals surface area contributed by atoms with Gasteiger partial charge in [0.1, 0.15) is 12.1 Å². The molecular formula is C11H18N4O4. The van der Waals surface area contributed by atoms with Gasteiger partial charge in [-0.2, -0.15) is 0 Å². The van der Waals surface area contributed by atoms with Gasteiger partial charge in [-0.05, 0) is 19.4 Å². The number of H-pyrrole nitrogens is 1. The fourth-order valence-corrected chi connectivity index (χ4v) is 1.61. The van der Waals surface area contributed by atoms with E-state index in [1.807, 2.05) is 0 Å². The van der Waals surface area contributed by atoms with E-state index in [4.69, 9.17) is 15.9 Å². The second kappa shape index (κ2) is 7.49. The van der Waals surface area contributed by atoms with Crippen LogP contribution in [0.1, 0.15) is 18.5 Å². The first-order valence-corrected chi connectivity index (χ1v) is 5.93. The first kappa shape index (κ1) is 15.1. The van der Waals surface area contributed by atoms with Crippen LogP contribution in [0.2, 0.25) is 0 Å². The second-order valence-corrected chi connectivity index (χ2v) is 4.20.